The summed E-state index contributed by atoms with van der Waals surface area (Å²) in [5.74, 6) is 0. The van der Waals surface area contributed by atoms with Gasteiger partial charge in [-0.05, 0) is 0 Å². The molecule has 16 heavy (non-hydrogen) atoms. The molecule has 1 rings (SSSR count). The van der Waals surface area contributed by atoms with E-state index in [-0.39, 0.29) is 17.1 Å². The first-order valence-electron chi connectivity index (χ1n) is 3.80. The Labute approximate surface area is 93.1 Å². The van der Waals surface area contributed by atoms with E-state index in [1.54, 1.807) is 0 Å². The van der Waals surface area contributed by atoms with Gasteiger partial charge >= 0.3 is 5.69 Å². The zero-order valence-corrected chi connectivity index (χ0v) is 8.30. The van der Waals surface area contributed by atoms with Crippen LogP contribution in [0.15, 0.2) is 12.1 Å². The Kier molecular flexibility index (Phi) is 3.36. The molecule has 1 amide bonds. The zero-order chi connectivity index (χ0) is 12.3. The zero-order valence-electron chi connectivity index (χ0n) is 7.55. The van der Waals surface area contributed by atoms with E-state index in [4.69, 9.17) is 11.6 Å². The minimum atomic E-state index is -0.870. The van der Waals surface area contributed by atoms with Crippen molar-refractivity contribution in [3.63, 3.8) is 0 Å². The third-order valence-electron chi connectivity index (χ3n) is 1.66. The predicted octanol–water partition coefficient (Wildman–Crippen LogP) is 1.72. The van der Waals surface area contributed by atoms with Crippen LogP contribution >= 0.6 is 11.6 Å². The van der Waals surface area contributed by atoms with E-state index in [0.717, 1.165) is 12.1 Å². The van der Waals surface area contributed by atoms with Gasteiger partial charge in [-0.25, -0.2) is 0 Å². The molecule has 8 nitrogen and oxygen atoms in total. The molecule has 1 N–H and O–H groups in total. The van der Waals surface area contributed by atoms with Gasteiger partial charge in [0.05, 0.1) is 20.9 Å². The molecular weight excluding hydrogens is 242 g/mol. The molecule has 0 unspecified atom stereocenters. The van der Waals surface area contributed by atoms with E-state index >= 15 is 0 Å². The maximum absolute atomic E-state index is 10.6. The van der Waals surface area contributed by atoms with Gasteiger partial charge in [-0.15, -0.1) is 0 Å². The summed E-state index contributed by atoms with van der Waals surface area (Å²) in [4.78, 5) is 29.5. The Balaban J connectivity index is 3.44. The molecule has 0 heterocycles. The molecule has 0 aliphatic rings. The number of nitro benzene ring substituents is 2. The summed E-state index contributed by atoms with van der Waals surface area (Å²) in [7, 11) is 0. The summed E-state index contributed by atoms with van der Waals surface area (Å²) in [6.07, 6.45) is 0.194. The minimum absolute atomic E-state index is 0.194. The molecule has 1 aromatic carbocycles. The van der Waals surface area contributed by atoms with Crippen molar-refractivity contribution in [2.24, 2.45) is 0 Å². The summed E-state index contributed by atoms with van der Waals surface area (Å²) in [5.41, 5.74) is -1.42. The number of nitrogens with one attached hydrogen (secondary N) is 1. The fraction of sp³-hybridized carbons (Fsp3) is 0. The molecule has 0 saturated heterocycles. The van der Waals surface area contributed by atoms with Gasteiger partial charge in [0.25, 0.3) is 5.69 Å². The average molecular weight is 246 g/mol. The molecule has 1 aromatic rings. The monoisotopic (exact) mass is 245 g/mol. The van der Waals surface area contributed by atoms with Crippen molar-refractivity contribution in [2.45, 2.75) is 0 Å². The van der Waals surface area contributed by atoms with Gasteiger partial charge in [-0.1, -0.05) is 11.6 Å². The van der Waals surface area contributed by atoms with Crippen LogP contribution < -0.4 is 5.32 Å². The van der Waals surface area contributed by atoms with Crippen molar-refractivity contribution in [1.29, 1.82) is 0 Å². The van der Waals surface area contributed by atoms with E-state index in [1.165, 1.54) is 0 Å². The van der Waals surface area contributed by atoms with Crippen molar-refractivity contribution in [3.05, 3.63) is 37.4 Å². The lowest BCUT2D eigenvalue weighted by Crippen LogP contribution is -2.01. The molecule has 0 aliphatic carbocycles. The van der Waals surface area contributed by atoms with Gasteiger partial charge in [0, 0.05) is 6.07 Å². The van der Waals surface area contributed by atoms with Crippen LogP contribution in [0.1, 0.15) is 0 Å². The van der Waals surface area contributed by atoms with Gasteiger partial charge in [-0.3, -0.25) is 25.0 Å². The quantitative estimate of drug-likeness (QED) is 0.492. The van der Waals surface area contributed by atoms with Gasteiger partial charge in [-0.2, -0.15) is 0 Å². The lowest BCUT2D eigenvalue weighted by molar-refractivity contribution is -0.393. The van der Waals surface area contributed by atoms with Crippen molar-refractivity contribution >= 4 is 35.1 Å². The maximum Gasteiger partial charge on any atom is 0.301 e. The number of rotatable bonds is 4. The number of hydrogen-bond donors (Lipinski definition) is 1. The molecule has 0 spiro atoms. The molecule has 84 valence electrons. The average Bonchev–Trinajstić information content (AvgIpc) is 2.20. The smallest absolute Gasteiger partial charge is 0.301 e. The summed E-state index contributed by atoms with van der Waals surface area (Å²) in [6, 6.07) is 1.64. The number of nitrogens with zero attached hydrogens (tertiary/aromatic N) is 2. The fourth-order valence-corrected chi connectivity index (χ4v) is 1.29. The Bertz CT molecular complexity index is 475. The second-order valence-electron chi connectivity index (χ2n) is 2.60. The van der Waals surface area contributed by atoms with E-state index in [1.807, 2.05) is 5.32 Å². The van der Waals surface area contributed by atoms with Gasteiger partial charge in [0.1, 0.15) is 5.69 Å². The summed E-state index contributed by atoms with van der Waals surface area (Å²) >= 11 is 5.57. The predicted molar refractivity (Wildman–Crippen MR) is 54.4 cm³/mol. The van der Waals surface area contributed by atoms with Crippen molar-refractivity contribution in [3.8, 4) is 0 Å². The van der Waals surface area contributed by atoms with Crippen LogP contribution in [0.4, 0.5) is 17.1 Å². The first-order valence-corrected chi connectivity index (χ1v) is 4.17. The highest BCUT2D eigenvalue weighted by atomic mass is 35.5. The topological polar surface area (TPSA) is 115 Å². The van der Waals surface area contributed by atoms with Gasteiger partial charge in [0.15, 0.2) is 0 Å². The Morgan fingerprint density at radius 1 is 1.25 bits per heavy atom. The van der Waals surface area contributed by atoms with Crippen LogP contribution in [0, 0.1) is 20.2 Å². The number of carbonyl (C=O) groups is 1. The number of amides is 1. The number of carbonyl (C=O) groups excluding carboxylic acids is 1. The Hall–Kier alpha value is -2.22. The number of hydrogen-bond acceptors (Lipinski definition) is 5. The highest BCUT2D eigenvalue weighted by molar-refractivity contribution is 6.34. The van der Waals surface area contributed by atoms with Crippen molar-refractivity contribution in [2.75, 3.05) is 5.32 Å². The first-order chi connectivity index (χ1) is 7.47. The van der Waals surface area contributed by atoms with Gasteiger partial charge in [0.2, 0.25) is 6.41 Å². The fourth-order valence-electron chi connectivity index (χ4n) is 1.03. The number of non-ortho nitro benzene ring substituents is 1. The second kappa shape index (κ2) is 4.53. The maximum atomic E-state index is 10.6. The summed E-state index contributed by atoms with van der Waals surface area (Å²) in [6.45, 7) is 0. The Morgan fingerprint density at radius 2 is 1.88 bits per heavy atom. The number of nitro groups is 2. The minimum Gasteiger partial charge on any atom is -0.322 e. The van der Waals surface area contributed by atoms with Crippen LogP contribution in [0.3, 0.4) is 0 Å². The second-order valence-corrected chi connectivity index (χ2v) is 3.01. The molecule has 0 radical (unpaired) electrons. The molecule has 0 atom stereocenters. The molecule has 0 bridgehead atoms. The summed E-state index contributed by atoms with van der Waals surface area (Å²) < 4.78 is 0. The molecule has 9 heteroatoms. The highest BCUT2D eigenvalue weighted by Crippen LogP contribution is 2.35. The third-order valence-corrected chi connectivity index (χ3v) is 1.96. The number of benzene rings is 1. The summed E-state index contributed by atoms with van der Waals surface area (Å²) in [5, 5.41) is 22.8. The van der Waals surface area contributed by atoms with Crippen LogP contribution in [0.25, 0.3) is 0 Å². The molecule has 0 aliphatic heterocycles. The first kappa shape index (κ1) is 11.9. The largest absolute Gasteiger partial charge is 0.322 e. The lowest BCUT2D eigenvalue weighted by Gasteiger charge is -2.03. The van der Waals surface area contributed by atoms with E-state index in [0.29, 0.717) is 0 Å². The third kappa shape index (κ3) is 2.23. The SMILES string of the molecule is O=CNc1c(Cl)cc([N+](=O)[O-])cc1[N+](=O)[O-]. The molecular formula is C7H4ClN3O5. The van der Waals surface area contributed by atoms with Crippen LogP contribution in [-0.2, 0) is 4.79 Å². The normalized spacial score (nSPS) is 9.56. The van der Waals surface area contributed by atoms with Crippen LogP contribution in [0.5, 0.6) is 0 Å². The molecule has 0 aromatic heterocycles. The van der Waals surface area contributed by atoms with Crippen LogP contribution in [-0.4, -0.2) is 16.3 Å². The number of anilines is 1. The van der Waals surface area contributed by atoms with Crippen LogP contribution in [0.2, 0.25) is 5.02 Å². The van der Waals surface area contributed by atoms with Gasteiger partial charge < -0.3 is 5.32 Å². The number of halogens is 1. The van der Waals surface area contributed by atoms with E-state index in [9.17, 15) is 25.0 Å². The Morgan fingerprint density at radius 3 is 2.31 bits per heavy atom. The lowest BCUT2D eigenvalue weighted by atomic mass is 10.2. The highest BCUT2D eigenvalue weighted by Gasteiger charge is 2.23. The molecule has 0 saturated carbocycles. The van der Waals surface area contributed by atoms with E-state index in [2.05, 4.69) is 0 Å². The standard InChI is InChI=1S/C7H4ClN3O5/c8-5-1-4(10(13)14)2-6(11(15)16)7(5)9-3-12/h1-3H,(H,9,12). The molecule has 0 fully saturated rings. The van der Waals surface area contributed by atoms with Crippen molar-refractivity contribution in [1.82, 2.24) is 0 Å². The van der Waals surface area contributed by atoms with E-state index < -0.39 is 21.2 Å². The van der Waals surface area contributed by atoms with Crippen molar-refractivity contribution < 1.29 is 14.6 Å².